The molecular weight excluding hydrogens is 418 g/mol. The number of hydrazine groups is 1. The molecule has 2 aliphatic heterocycles. The SMILES string of the molecule is Cc1ccc(N2C(=O)C3CNNC3N=C2SCC(=O)c2cccc([N+](=O)[O-])c2)cc1C. The van der Waals surface area contributed by atoms with Crippen molar-refractivity contribution in [3.63, 3.8) is 0 Å². The van der Waals surface area contributed by atoms with E-state index in [-0.39, 0.29) is 34.6 Å². The maximum atomic E-state index is 13.2. The number of amides is 1. The highest BCUT2D eigenvalue weighted by atomic mass is 32.2. The summed E-state index contributed by atoms with van der Waals surface area (Å²) in [7, 11) is 0. The van der Waals surface area contributed by atoms with Crippen LogP contribution in [0.4, 0.5) is 11.4 Å². The van der Waals surface area contributed by atoms with Gasteiger partial charge in [-0.3, -0.25) is 30.0 Å². The van der Waals surface area contributed by atoms with Crippen LogP contribution in [-0.4, -0.2) is 40.2 Å². The lowest BCUT2D eigenvalue weighted by atomic mass is 10.0. The van der Waals surface area contributed by atoms with E-state index in [1.165, 1.54) is 18.2 Å². The van der Waals surface area contributed by atoms with E-state index in [1.54, 1.807) is 11.0 Å². The molecule has 0 aromatic heterocycles. The summed E-state index contributed by atoms with van der Waals surface area (Å²) in [6.45, 7) is 4.45. The Bertz CT molecular complexity index is 1100. The second kappa shape index (κ2) is 8.58. The molecule has 160 valence electrons. The third-order valence-electron chi connectivity index (χ3n) is 5.39. The number of hydrogen-bond donors (Lipinski definition) is 2. The number of Topliss-reactive ketones (excluding diaryl/α,β-unsaturated/α-hetero) is 1. The Balaban J connectivity index is 1.60. The minimum absolute atomic E-state index is 0.000556. The number of nitro groups is 1. The number of hydrogen-bond acceptors (Lipinski definition) is 8. The molecule has 1 saturated heterocycles. The first-order chi connectivity index (χ1) is 14.8. The topological polar surface area (TPSA) is 117 Å². The number of benzene rings is 2. The van der Waals surface area contributed by atoms with Crippen molar-refractivity contribution < 1.29 is 14.5 Å². The Morgan fingerprint density at radius 2 is 2.06 bits per heavy atom. The van der Waals surface area contributed by atoms with Gasteiger partial charge in [0, 0.05) is 24.2 Å². The first-order valence-electron chi connectivity index (χ1n) is 9.73. The zero-order chi connectivity index (χ0) is 22.1. The number of thioether (sulfide) groups is 1. The van der Waals surface area contributed by atoms with Crippen LogP contribution in [0.5, 0.6) is 0 Å². The van der Waals surface area contributed by atoms with Crippen LogP contribution >= 0.6 is 11.8 Å². The van der Waals surface area contributed by atoms with E-state index >= 15 is 0 Å². The lowest BCUT2D eigenvalue weighted by molar-refractivity contribution is -0.384. The zero-order valence-corrected chi connectivity index (χ0v) is 17.8. The lowest BCUT2D eigenvalue weighted by Gasteiger charge is -2.32. The molecule has 2 heterocycles. The van der Waals surface area contributed by atoms with Gasteiger partial charge in [-0.1, -0.05) is 30.0 Å². The average Bonchev–Trinajstić information content (AvgIpc) is 3.23. The monoisotopic (exact) mass is 439 g/mol. The van der Waals surface area contributed by atoms with Crippen molar-refractivity contribution in [3.8, 4) is 0 Å². The maximum absolute atomic E-state index is 13.2. The second-order valence-corrected chi connectivity index (χ2v) is 8.39. The lowest BCUT2D eigenvalue weighted by Crippen LogP contribution is -2.49. The normalized spacial score (nSPS) is 20.4. The van der Waals surface area contributed by atoms with Gasteiger partial charge in [0.15, 0.2) is 11.0 Å². The first-order valence-corrected chi connectivity index (χ1v) is 10.7. The van der Waals surface area contributed by atoms with Gasteiger partial charge in [-0.05, 0) is 37.1 Å². The number of aryl methyl sites for hydroxylation is 2. The van der Waals surface area contributed by atoms with Crippen LogP contribution < -0.4 is 15.8 Å². The van der Waals surface area contributed by atoms with Crippen molar-refractivity contribution in [2.75, 3.05) is 17.2 Å². The predicted molar refractivity (Wildman–Crippen MR) is 119 cm³/mol. The van der Waals surface area contributed by atoms with Gasteiger partial charge in [-0.25, -0.2) is 10.4 Å². The Morgan fingerprint density at radius 1 is 1.26 bits per heavy atom. The minimum Gasteiger partial charge on any atom is -0.293 e. The van der Waals surface area contributed by atoms with Crippen LogP contribution in [0.2, 0.25) is 0 Å². The number of carbonyl (C=O) groups is 2. The summed E-state index contributed by atoms with van der Waals surface area (Å²) in [5, 5.41) is 11.4. The molecule has 9 nitrogen and oxygen atoms in total. The van der Waals surface area contributed by atoms with Gasteiger partial charge in [-0.2, -0.15) is 0 Å². The average molecular weight is 439 g/mol. The van der Waals surface area contributed by atoms with E-state index in [0.717, 1.165) is 22.9 Å². The van der Waals surface area contributed by atoms with Gasteiger partial charge in [-0.15, -0.1) is 0 Å². The number of nitrogens with one attached hydrogen (secondary N) is 2. The predicted octanol–water partition coefficient (Wildman–Crippen LogP) is 2.58. The molecule has 4 rings (SSSR count). The highest BCUT2D eigenvalue weighted by molar-refractivity contribution is 8.14. The molecule has 31 heavy (non-hydrogen) atoms. The third kappa shape index (κ3) is 4.22. The number of aliphatic imine (C=N–C) groups is 1. The number of rotatable bonds is 5. The summed E-state index contributed by atoms with van der Waals surface area (Å²) in [5.74, 6) is -0.701. The molecular formula is C21H21N5O4S. The van der Waals surface area contributed by atoms with Gasteiger partial charge in [0.1, 0.15) is 6.17 Å². The Morgan fingerprint density at radius 3 is 2.81 bits per heavy atom. The van der Waals surface area contributed by atoms with E-state index in [1.807, 2.05) is 32.0 Å². The summed E-state index contributed by atoms with van der Waals surface area (Å²) >= 11 is 1.15. The molecule has 0 radical (unpaired) electrons. The Hall–Kier alpha value is -3.08. The van der Waals surface area contributed by atoms with E-state index in [4.69, 9.17) is 0 Å². The van der Waals surface area contributed by atoms with Crippen molar-refractivity contribution in [1.82, 2.24) is 10.9 Å². The van der Waals surface area contributed by atoms with Crippen LogP contribution in [0.15, 0.2) is 47.5 Å². The van der Waals surface area contributed by atoms with Crippen molar-refractivity contribution in [2.24, 2.45) is 10.9 Å². The zero-order valence-electron chi connectivity index (χ0n) is 17.0. The number of carbonyl (C=O) groups excluding carboxylic acids is 2. The van der Waals surface area contributed by atoms with Gasteiger partial charge >= 0.3 is 0 Å². The molecule has 1 amide bonds. The van der Waals surface area contributed by atoms with Gasteiger partial charge in [0.25, 0.3) is 5.69 Å². The summed E-state index contributed by atoms with van der Waals surface area (Å²) < 4.78 is 0. The Labute approximate surface area is 183 Å². The molecule has 0 spiro atoms. The molecule has 1 fully saturated rings. The van der Waals surface area contributed by atoms with Gasteiger partial charge in [0.05, 0.1) is 22.3 Å². The highest BCUT2D eigenvalue weighted by Crippen LogP contribution is 2.30. The van der Waals surface area contributed by atoms with Gasteiger partial charge < -0.3 is 0 Å². The van der Waals surface area contributed by atoms with E-state index in [2.05, 4.69) is 15.8 Å². The van der Waals surface area contributed by atoms with Crippen molar-refractivity contribution >= 4 is 40.0 Å². The van der Waals surface area contributed by atoms with Crippen LogP contribution in [0.3, 0.4) is 0 Å². The van der Waals surface area contributed by atoms with Crippen LogP contribution in [0, 0.1) is 29.9 Å². The number of ketones is 1. The van der Waals surface area contributed by atoms with Crippen molar-refractivity contribution in [3.05, 3.63) is 69.3 Å². The number of amidine groups is 1. The fraction of sp³-hybridized carbons (Fsp3) is 0.286. The maximum Gasteiger partial charge on any atom is 0.270 e. The quantitative estimate of drug-likeness (QED) is 0.418. The summed E-state index contributed by atoms with van der Waals surface area (Å²) in [4.78, 5) is 42.6. The molecule has 0 bridgehead atoms. The van der Waals surface area contributed by atoms with E-state index in [0.29, 0.717) is 17.4 Å². The summed E-state index contributed by atoms with van der Waals surface area (Å²) in [5.41, 5.74) is 8.94. The minimum atomic E-state index is -0.534. The number of fused-ring (bicyclic) bond motifs is 1. The highest BCUT2D eigenvalue weighted by Gasteiger charge is 2.42. The summed E-state index contributed by atoms with van der Waals surface area (Å²) in [6.07, 6.45) is -0.397. The largest absolute Gasteiger partial charge is 0.293 e. The molecule has 0 aliphatic carbocycles. The molecule has 2 N–H and O–H groups in total. The van der Waals surface area contributed by atoms with Gasteiger partial charge in [0.2, 0.25) is 5.91 Å². The van der Waals surface area contributed by atoms with E-state index < -0.39 is 11.1 Å². The molecule has 2 atom stereocenters. The van der Waals surface area contributed by atoms with Crippen LogP contribution in [-0.2, 0) is 4.79 Å². The number of anilines is 1. The van der Waals surface area contributed by atoms with Crippen molar-refractivity contribution in [2.45, 2.75) is 20.0 Å². The fourth-order valence-electron chi connectivity index (χ4n) is 3.48. The molecule has 2 aromatic rings. The smallest absolute Gasteiger partial charge is 0.270 e. The Kier molecular flexibility index (Phi) is 5.86. The third-order valence-corrected chi connectivity index (χ3v) is 6.34. The number of nitrogens with zero attached hydrogens (tertiary/aromatic N) is 3. The van der Waals surface area contributed by atoms with E-state index in [9.17, 15) is 19.7 Å². The van der Waals surface area contributed by atoms with Crippen LogP contribution in [0.1, 0.15) is 21.5 Å². The molecule has 2 aromatic carbocycles. The standard InChI is InChI=1S/C21H21N5O4S/c1-12-6-7-15(8-13(12)2)25-20(28)17-10-22-24-19(17)23-21(25)31-11-18(27)14-4-3-5-16(9-14)26(29)30/h3-9,17,19,22,24H,10-11H2,1-2H3. The fourth-order valence-corrected chi connectivity index (χ4v) is 4.42. The number of nitro benzene ring substituents is 1. The summed E-state index contributed by atoms with van der Waals surface area (Å²) in [6, 6.07) is 11.4. The second-order valence-electron chi connectivity index (χ2n) is 7.45. The number of non-ortho nitro benzene ring substituents is 1. The molecule has 2 unspecified atom stereocenters. The molecule has 0 saturated carbocycles. The molecule has 2 aliphatic rings. The molecule has 10 heteroatoms. The first kappa shape index (κ1) is 21.2. The van der Waals surface area contributed by atoms with Crippen LogP contribution in [0.25, 0.3) is 0 Å². The van der Waals surface area contributed by atoms with Crippen molar-refractivity contribution in [1.29, 1.82) is 0 Å².